The van der Waals surface area contributed by atoms with Crippen LogP contribution in [-0.4, -0.2) is 16.2 Å². The van der Waals surface area contributed by atoms with Crippen molar-refractivity contribution in [2.24, 2.45) is 5.41 Å². The molecule has 1 aliphatic carbocycles. The number of hydrogen-bond acceptors (Lipinski definition) is 4. The third-order valence-electron chi connectivity index (χ3n) is 4.41. The van der Waals surface area contributed by atoms with Crippen LogP contribution in [0.2, 0.25) is 0 Å². The van der Waals surface area contributed by atoms with Crippen molar-refractivity contribution in [2.75, 3.05) is 5.32 Å². The van der Waals surface area contributed by atoms with Crippen LogP contribution in [0.3, 0.4) is 0 Å². The van der Waals surface area contributed by atoms with Crippen LogP contribution in [-0.2, 0) is 0 Å². The first-order chi connectivity index (χ1) is 10.0. The Hall–Kier alpha value is -1.84. The lowest BCUT2D eigenvalue weighted by Gasteiger charge is -2.36. The molecule has 0 spiro atoms. The number of nitrogens with one attached hydrogen (secondary N) is 1. The van der Waals surface area contributed by atoms with Crippen molar-refractivity contribution in [3.63, 3.8) is 0 Å². The summed E-state index contributed by atoms with van der Waals surface area (Å²) < 4.78 is 5.29. The van der Waals surface area contributed by atoms with Gasteiger partial charge in [-0.05, 0) is 49.3 Å². The topological polar surface area (TPSA) is 51.0 Å². The highest BCUT2D eigenvalue weighted by molar-refractivity contribution is 5.64. The van der Waals surface area contributed by atoms with Gasteiger partial charge >= 0.3 is 0 Å². The van der Waals surface area contributed by atoms with Crippen molar-refractivity contribution >= 4 is 5.69 Å². The van der Waals surface area contributed by atoms with Gasteiger partial charge in [0.05, 0.1) is 0 Å². The molecule has 1 N–H and O–H groups in total. The second-order valence-electron chi connectivity index (χ2n) is 6.88. The van der Waals surface area contributed by atoms with Crippen LogP contribution in [0.5, 0.6) is 0 Å². The van der Waals surface area contributed by atoms with E-state index in [2.05, 4.69) is 48.4 Å². The smallest absolute Gasteiger partial charge is 0.247 e. The molecule has 1 aliphatic rings. The summed E-state index contributed by atoms with van der Waals surface area (Å²) in [5.74, 6) is 0.571. The summed E-state index contributed by atoms with van der Waals surface area (Å²) >= 11 is 0. The van der Waals surface area contributed by atoms with Gasteiger partial charge in [0.25, 0.3) is 0 Å². The lowest BCUT2D eigenvalue weighted by molar-refractivity contribution is 0.229. The van der Waals surface area contributed by atoms with Gasteiger partial charge in [-0.25, -0.2) is 0 Å². The van der Waals surface area contributed by atoms with E-state index in [1.165, 1.54) is 43.3 Å². The number of anilines is 1. The van der Waals surface area contributed by atoms with Gasteiger partial charge in [0.1, 0.15) is 0 Å². The second kappa shape index (κ2) is 5.51. The first-order valence-electron chi connectivity index (χ1n) is 7.67. The van der Waals surface area contributed by atoms with Crippen molar-refractivity contribution in [1.82, 2.24) is 10.2 Å². The summed E-state index contributed by atoms with van der Waals surface area (Å²) in [6.45, 7) is 6.86. The minimum Gasteiger partial charge on any atom is -0.423 e. The zero-order chi connectivity index (χ0) is 14.9. The highest BCUT2D eigenvalue weighted by atomic mass is 16.4. The Morgan fingerprint density at radius 3 is 2.90 bits per heavy atom. The average molecular weight is 285 g/mol. The zero-order valence-electron chi connectivity index (χ0n) is 13.0. The van der Waals surface area contributed by atoms with Gasteiger partial charge in [-0.3, -0.25) is 0 Å². The normalized spacial score (nSPS) is 21.2. The predicted octanol–water partition coefficient (Wildman–Crippen LogP) is 4.43. The molecule has 0 radical (unpaired) electrons. The number of aryl methyl sites for hydroxylation is 1. The summed E-state index contributed by atoms with van der Waals surface area (Å²) in [6, 6.07) is 6.80. The van der Waals surface area contributed by atoms with Gasteiger partial charge in [-0.1, -0.05) is 26.3 Å². The lowest BCUT2D eigenvalue weighted by Crippen LogP contribution is -2.31. The first kappa shape index (κ1) is 14.1. The molecule has 2 aromatic rings. The molecule has 0 saturated heterocycles. The minimum absolute atomic E-state index is 0.438. The third kappa shape index (κ3) is 3.26. The van der Waals surface area contributed by atoms with Gasteiger partial charge in [0.2, 0.25) is 12.3 Å². The quantitative estimate of drug-likeness (QED) is 0.906. The van der Waals surface area contributed by atoms with E-state index in [1.54, 1.807) is 0 Å². The molecule has 0 bridgehead atoms. The molecule has 1 heterocycles. The molecule has 1 aromatic heterocycles. The second-order valence-corrected chi connectivity index (χ2v) is 6.88. The van der Waals surface area contributed by atoms with Crippen molar-refractivity contribution < 1.29 is 4.42 Å². The van der Waals surface area contributed by atoms with Crippen LogP contribution >= 0.6 is 0 Å². The fourth-order valence-corrected chi connectivity index (χ4v) is 3.25. The SMILES string of the molecule is Cc1ccc(-c2nnco2)cc1NC1CCCC(C)(C)C1. The molecule has 1 unspecified atom stereocenters. The maximum atomic E-state index is 5.29. The van der Waals surface area contributed by atoms with Gasteiger partial charge in [-0.15, -0.1) is 10.2 Å². The molecule has 4 heteroatoms. The Bertz CT molecular complexity index is 605. The first-order valence-corrected chi connectivity index (χ1v) is 7.67. The van der Waals surface area contributed by atoms with Gasteiger partial charge < -0.3 is 9.73 Å². The fourth-order valence-electron chi connectivity index (χ4n) is 3.25. The van der Waals surface area contributed by atoms with Crippen LogP contribution in [0.1, 0.15) is 45.1 Å². The van der Waals surface area contributed by atoms with E-state index in [-0.39, 0.29) is 0 Å². The third-order valence-corrected chi connectivity index (χ3v) is 4.41. The van der Waals surface area contributed by atoms with E-state index in [1.807, 2.05) is 6.07 Å². The van der Waals surface area contributed by atoms with Crippen LogP contribution in [0, 0.1) is 12.3 Å². The van der Waals surface area contributed by atoms with E-state index in [9.17, 15) is 0 Å². The Morgan fingerprint density at radius 1 is 1.33 bits per heavy atom. The summed E-state index contributed by atoms with van der Waals surface area (Å²) in [7, 11) is 0. The number of nitrogens with zero attached hydrogens (tertiary/aromatic N) is 2. The molecule has 1 aromatic carbocycles. The largest absolute Gasteiger partial charge is 0.423 e. The molecule has 0 amide bonds. The van der Waals surface area contributed by atoms with Crippen LogP contribution < -0.4 is 5.32 Å². The molecular weight excluding hydrogens is 262 g/mol. The maximum Gasteiger partial charge on any atom is 0.247 e. The predicted molar refractivity (Wildman–Crippen MR) is 84.1 cm³/mol. The van der Waals surface area contributed by atoms with Crippen LogP contribution in [0.25, 0.3) is 11.5 Å². The highest BCUT2D eigenvalue weighted by Gasteiger charge is 2.28. The molecule has 1 fully saturated rings. The van der Waals surface area contributed by atoms with E-state index in [0.717, 1.165) is 5.56 Å². The molecule has 0 aliphatic heterocycles. The number of benzene rings is 1. The average Bonchev–Trinajstić information content (AvgIpc) is 2.94. The molecule has 1 atom stereocenters. The number of aromatic nitrogens is 2. The molecule has 4 nitrogen and oxygen atoms in total. The van der Waals surface area contributed by atoms with Crippen LogP contribution in [0.15, 0.2) is 29.0 Å². The van der Waals surface area contributed by atoms with E-state index < -0.39 is 0 Å². The van der Waals surface area contributed by atoms with Gasteiger partial charge in [0, 0.05) is 17.3 Å². The summed E-state index contributed by atoms with van der Waals surface area (Å²) in [5, 5.41) is 11.4. The summed E-state index contributed by atoms with van der Waals surface area (Å²) in [6.07, 6.45) is 6.45. The van der Waals surface area contributed by atoms with E-state index in [0.29, 0.717) is 17.3 Å². The zero-order valence-corrected chi connectivity index (χ0v) is 13.0. The van der Waals surface area contributed by atoms with Crippen LogP contribution in [0.4, 0.5) is 5.69 Å². The Kier molecular flexibility index (Phi) is 3.70. The maximum absolute atomic E-state index is 5.29. The Morgan fingerprint density at radius 2 is 2.19 bits per heavy atom. The Labute approximate surface area is 126 Å². The van der Waals surface area contributed by atoms with Crippen molar-refractivity contribution in [2.45, 2.75) is 52.5 Å². The van der Waals surface area contributed by atoms with E-state index in [4.69, 9.17) is 4.42 Å². The molecule has 112 valence electrons. The Balaban J connectivity index is 1.80. The number of rotatable bonds is 3. The lowest BCUT2D eigenvalue weighted by atomic mass is 9.75. The van der Waals surface area contributed by atoms with Gasteiger partial charge in [-0.2, -0.15) is 0 Å². The summed E-state index contributed by atoms with van der Waals surface area (Å²) in [4.78, 5) is 0. The standard InChI is InChI=1S/C17H23N3O/c1-12-6-7-13(16-20-18-11-21-16)9-15(12)19-14-5-4-8-17(2,3)10-14/h6-7,9,11,14,19H,4-5,8,10H2,1-3H3. The molecule has 21 heavy (non-hydrogen) atoms. The monoisotopic (exact) mass is 285 g/mol. The molecular formula is C17H23N3O. The summed E-state index contributed by atoms with van der Waals surface area (Å²) in [5.41, 5.74) is 3.83. The van der Waals surface area contributed by atoms with E-state index >= 15 is 0 Å². The number of hydrogen-bond donors (Lipinski definition) is 1. The minimum atomic E-state index is 0.438. The molecule has 1 saturated carbocycles. The van der Waals surface area contributed by atoms with Crippen molar-refractivity contribution in [3.8, 4) is 11.5 Å². The van der Waals surface area contributed by atoms with Crippen molar-refractivity contribution in [3.05, 3.63) is 30.2 Å². The van der Waals surface area contributed by atoms with Gasteiger partial charge in [0.15, 0.2) is 0 Å². The fraction of sp³-hybridized carbons (Fsp3) is 0.529. The molecule has 3 rings (SSSR count). The van der Waals surface area contributed by atoms with Crippen molar-refractivity contribution in [1.29, 1.82) is 0 Å². The highest BCUT2D eigenvalue weighted by Crippen LogP contribution is 2.37.